The first-order valence-corrected chi connectivity index (χ1v) is 8.88. The van der Waals surface area contributed by atoms with Gasteiger partial charge in [0.05, 0.1) is 11.3 Å². The van der Waals surface area contributed by atoms with Crippen LogP contribution in [0.3, 0.4) is 0 Å². The summed E-state index contributed by atoms with van der Waals surface area (Å²) in [4.78, 5) is 40.4. The molecule has 3 aromatic rings. The Labute approximate surface area is 169 Å². The summed E-state index contributed by atoms with van der Waals surface area (Å²) < 4.78 is 38.8. The van der Waals surface area contributed by atoms with Crippen LogP contribution in [0.15, 0.2) is 67.1 Å². The maximum atomic E-state index is 12.6. The van der Waals surface area contributed by atoms with Crippen LogP contribution in [0.5, 0.6) is 0 Å². The Bertz CT molecular complexity index is 1060. The van der Waals surface area contributed by atoms with E-state index in [1.54, 1.807) is 12.1 Å². The number of carbonyl (C=O) groups excluding carboxylic acids is 3. The lowest BCUT2D eigenvalue weighted by atomic mass is 10.1. The van der Waals surface area contributed by atoms with Crippen LogP contribution < -0.4 is 5.32 Å². The summed E-state index contributed by atoms with van der Waals surface area (Å²) in [5, 5.41) is 2.57. The van der Waals surface area contributed by atoms with E-state index in [4.69, 9.17) is 0 Å². The number of halogens is 3. The van der Waals surface area contributed by atoms with Gasteiger partial charge in [-0.25, -0.2) is 0 Å². The molecule has 0 radical (unpaired) electrons. The molecule has 9 heteroatoms. The summed E-state index contributed by atoms with van der Waals surface area (Å²) in [6.45, 7) is 0. The number of ketones is 1. The second-order valence-corrected chi connectivity index (χ2v) is 6.40. The van der Waals surface area contributed by atoms with E-state index >= 15 is 0 Å². The quantitative estimate of drug-likeness (QED) is 0.617. The smallest absolute Gasteiger partial charge is 0.319 e. The number of pyridine rings is 1. The summed E-state index contributed by atoms with van der Waals surface area (Å²) in [6.07, 6.45) is -0.335. The van der Waals surface area contributed by atoms with E-state index in [-0.39, 0.29) is 18.5 Å². The number of aromatic nitrogens is 2. The molecule has 0 atom stereocenters. The minimum absolute atomic E-state index is 0.132. The maximum Gasteiger partial charge on any atom is 0.416 e. The summed E-state index contributed by atoms with van der Waals surface area (Å²) in [6, 6.07) is 10.7. The van der Waals surface area contributed by atoms with Crippen LogP contribution in [0.4, 0.5) is 18.9 Å². The third-order valence-corrected chi connectivity index (χ3v) is 4.24. The lowest BCUT2D eigenvalue weighted by Gasteiger charge is -2.07. The van der Waals surface area contributed by atoms with E-state index in [1.807, 2.05) is 0 Å². The predicted molar refractivity (Wildman–Crippen MR) is 102 cm³/mol. The average Bonchev–Trinajstić information content (AvgIpc) is 3.20. The monoisotopic (exact) mass is 415 g/mol. The molecule has 0 aliphatic carbocycles. The fourth-order valence-electron chi connectivity index (χ4n) is 2.66. The number of carbonyl (C=O) groups is 3. The predicted octanol–water partition coefficient (Wildman–Crippen LogP) is 4.00. The van der Waals surface area contributed by atoms with Crippen molar-refractivity contribution in [1.82, 2.24) is 9.55 Å². The molecule has 30 heavy (non-hydrogen) atoms. The van der Waals surface area contributed by atoms with Crippen molar-refractivity contribution in [2.75, 3.05) is 5.32 Å². The van der Waals surface area contributed by atoms with Crippen LogP contribution in [0.1, 0.15) is 32.8 Å². The normalized spacial score (nSPS) is 11.2. The molecule has 2 heterocycles. The van der Waals surface area contributed by atoms with Gasteiger partial charge in [0, 0.05) is 25.0 Å². The zero-order valence-electron chi connectivity index (χ0n) is 15.5. The highest BCUT2D eigenvalue weighted by Crippen LogP contribution is 2.29. The van der Waals surface area contributed by atoms with E-state index in [2.05, 4.69) is 10.3 Å². The molecule has 154 valence electrons. The van der Waals surface area contributed by atoms with Crippen LogP contribution in [0, 0.1) is 0 Å². The second-order valence-electron chi connectivity index (χ2n) is 6.40. The van der Waals surface area contributed by atoms with Crippen molar-refractivity contribution in [1.29, 1.82) is 0 Å². The Morgan fingerprint density at radius 3 is 2.37 bits per heavy atom. The van der Waals surface area contributed by atoms with Crippen molar-refractivity contribution < 1.29 is 27.6 Å². The van der Waals surface area contributed by atoms with Gasteiger partial charge >= 0.3 is 6.18 Å². The Morgan fingerprint density at radius 1 is 1.00 bits per heavy atom. The van der Waals surface area contributed by atoms with E-state index in [9.17, 15) is 27.6 Å². The lowest BCUT2D eigenvalue weighted by molar-refractivity contribution is -0.137. The highest BCUT2D eigenvalue weighted by atomic mass is 19.4. The molecule has 2 aromatic heterocycles. The summed E-state index contributed by atoms with van der Waals surface area (Å²) >= 11 is 0. The van der Waals surface area contributed by atoms with Crippen LogP contribution in [-0.4, -0.2) is 27.1 Å². The van der Waals surface area contributed by atoms with Gasteiger partial charge in [-0.15, -0.1) is 0 Å². The van der Waals surface area contributed by atoms with Crippen LogP contribution in [0.2, 0.25) is 0 Å². The molecule has 0 bridgehead atoms. The Hall–Kier alpha value is -3.75. The number of Topliss-reactive ketones (excluding diaryl/α,β-unsaturated/α-hetero) is 1. The molecular weight excluding hydrogens is 399 g/mol. The zero-order chi connectivity index (χ0) is 21.7. The van der Waals surface area contributed by atoms with Gasteiger partial charge in [-0.2, -0.15) is 13.2 Å². The molecule has 0 fully saturated rings. The van der Waals surface area contributed by atoms with Crippen molar-refractivity contribution in [3.8, 4) is 0 Å². The summed E-state index contributed by atoms with van der Waals surface area (Å²) in [7, 11) is 0. The fraction of sp³-hybridized carbons (Fsp3) is 0.143. The third kappa shape index (κ3) is 5.19. The highest BCUT2D eigenvalue weighted by Gasteiger charge is 2.30. The van der Waals surface area contributed by atoms with Crippen molar-refractivity contribution in [2.45, 2.75) is 19.0 Å². The number of hydrogen-bond donors (Lipinski definition) is 1. The van der Waals surface area contributed by atoms with Gasteiger partial charge in [-0.05, 0) is 42.3 Å². The number of benzene rings is 1. The molecule has 0 saturated heterocycles. The largest absolute Gasteiger partial charge is 0.416 e. The molecule has 6 nitrogen and oxygen atoms in total. The van der Waals surface area contributed by atoms with E-state index in [0.717, 1.165) is 16.7 Å². The summed E-state index contributed by atoms with van der Waals surface area (Å²) in [5.74, 6) is -1.97. The Balaban J connectivity index is 1.56. The molecule has 1 aromatic carbocycles. The van der Waals surface area contributed by atoms with Crippen molar-refractivity contribution in [3.05, 3.63) is 83.9 Å². The van der Waals surface area contributed by atoms with Gasteiger partial charge in [-0.1, -0.05) is 18.2 Å². The molecule has 1 amide bonds. The summed E-state index contributed by atoms with van der Waals surface area (Å²) in [5.41, 5.74) is 0.250. The first-order chi connectivity index (χ1) is 14.2. The first kappa shape index (κ1) is 21.0. The maximum absolute atomic E-state index is 12.6. The number of aryl methyl sites for hydroxylation is 1. The second kappa shape index (κ2) is 8.73. The Kier molecular flexibility index (Phi) is 6.10. The van der Waals surface area contributed by atoms with Gasteiger partial charge in [0.15, 0.2) is 0 Å². The molecule has 0 unspecified atom stereocenters. The molecule has 3 rings (SSSR count). The first-order valence-electron chi connectivity index (χ1n) is 8.88. The van der Waals surface area contributed by atoms with Crippen molar-refractivity contribution in [3.63, 3.8) is 0 Å². The SMILES string of the molecule is O=C(CCc1ccc(C(F)(F)F)cc1)C(=O)n1ccc(NC(=O)c2ccccn2)c1. The molecule has 1 N–H and O–H groups in total. The fourth-order valence-corrected chi connectivity index (χ4v) is 2.66. The molecule has 0 spiro atoms. The number of nitrogens with zero attached hydrogens (tertiary/aromatic N) is 2. The van der Waals surface area contributed by atoms with Gasteiger partial charge in [0.2, 0.25) is 5.78 Å². The van der Waals surface area contributed by atoms with Gasteiger partial charge in [0.25, 0.3) is 11.8 Å². The lowest BCUT2D eigenvalue weighted by Crippen LogP contribution is -2.21. The molecular formula is C21H16F3N3O3. The van der Waals surface area contributed by atoms with Crippen LogP contribution in [0.25, 0.3) is 0 Å². The number of alkyl halides is 3. The van der Waals surface area contributed by atoms with Crippen LogP contribution >= 0.6 is 0 Å². The number of rotatable bonds is 6. The van der Waals surface area contributed by atoms with Gasteiger partial charge < -0.3 is 5.32 Å². The number of amides is 1. The van der Waals surface area contributed by atoms with Crippen molar-refractivity contribution in [2.24, 2.45) is 0 Å². The standard InChI is InChI=1S/C21H16F3N3O3/c22-21(23,24)15-7-4-14(5-8-15)6-9-18(28)20(30)27-12-10-16(13-27)26-19(29)17-3-1-2-11-25-17/h1-5,7-8,10-13H,6,9H2,(H,26,29). The Morgan fingerprint density at radius 2 is 1.73 bits per heavy atom. The topological polar surface area (TPSA) is 81.1 Å². The molecule has 0 aliphatic heterocycles. The van der Waals surface area contributed by atoms with Gasteiger partial charge in [0.1, 0.15) is 5.69 Å². The van der Waals surface area contributed by atoms with Gasteiger partial charge in [-0.3, -0.25) is 23.9 Å². The zero-order valence-corrected chi connectivity index (χ0v) is 15.5. The van der Waals surface area contributed by atoms with E-state index in [1.165, 1.54) is 42.9 Å². The van der Waals surface area contributed by atoms with E-state index in [0.29, 0.717) is 11.3 Å². The molecule has 0 aliphatic rings. The number of anilines is 1. The van der Waals surface area contributed by atoms with Crippen LogP contribution in [-0.2, 0) is 17.4 Å². The minimum Gasteiger partial charge on any atom is -0.319 e. The van der Waals surface area contributed by atoms with Crippen molar-refractivity contribution >= 4 is 23.3 Å². The minimum atomic E-state index is -4.43. The third-order valence-electron chi connectivity index (χ3n) is 4.24. The average molecular weight is 415 g/mol. The number of nitrogens with one attached hydrogen (secondary N) is 1. The highest BCUT2D eigenvalue weighted by molar-refractivity contribution is 6.37. The molecule has 0 saturated carbocycles. The number of hydrogen-bond acceptors (Lipinski definition) is 4. The van der Waals surface area contributed by atoms with E-state index < -0.39 is 29.3 Å².